The zero-order chi connectivity index (χ0) is 17.4. The zero-order valence-electron chi connectivity index (χ0n) is 12.9. The summed E-state index contributed by atoms with van der Waals surface area (Å²) in [6.45, 7) is 10.2. The predicted molar refractivity (Wildman–Crippen MR) is 77.7 cm³/mol. The first-order valence-corrected chi connectivity index (χ1v) is 5.67. The molecule has 0 unspecified atom stereocenters. The molecule has 0 bridgehead atoms. The van der Waals surface area contributed by atoms with Crippen molar-refractivity contribution >= 4 is 51.3 Å². The molecular formula is C15H18O6Pb-3. The Bertz CT molecular complexity index is 399. The molecule has 6 nitrogen and oxygen atoms in total. The number of hydrogen-bond donors (Lipinski definition) is 0. The molecule has 1 aromatic rings. The summed E-state index contributed by atoms with van der Waals surface area (Å²) < 4.78 is 0. The standard InChI is InChI=1S/C9H9.3C2H4O2.Pb/c1-3-9-6-4-8(2)5-7-9;3*1-2(3)4;/h1,3-7H,2H3;3*1H3,(H,3,4);/p-3. The fourth-order valence-electron chi connectivity index (χ4n) is 0.678. The number of aliphatic carboxylic acids is 3. The number of carboxylic acid groups (broad SMARTS) is 3. The van der Waals surface area contributed by atoms with Crippen LogP contribution in [0.4, 0.5) is 0 Å². The minimum atomic E-state index is -1.08. The van der Waals surface area contributed by atoms with Gasteiger partial charge < -0.3 is 29.7 Å². The number of hydrogen-bond acceptors (Lipinski definition) is 6. The van der Waals surface area contributed by atoms with Crippen molar-refractivity contribution in [1.82, 2.24) is 0 Å². The van der Waals surface area contributed by atoms with E-state index in [2.05, 4.69) is 6.92 Å². The molecular weight excluding hydrogens is 483 g/mol. The quantitative estimate of drug-likeness (QED) is 0.425. The monoisotopic (exact) mass is 502 g/mol. The number of carboxylic acids is 3. The van der Waals surface area contributed by atoms with E-state index in [0.717, 1.165) is 26.3 Å². The Hall–Kier alpha value is -1.71. The van der Waals surface area contributed by atoms with Gasteiger partial charge in [0.1, 0.15) is 0 Å². The maximum atomic E-state index is 8.89. The molecule has 0 amide bonds. The molecule has 0 aromatic heterocycles. The first-order valence-electron chi connectivity index (χ1n) is 5.67. The van der Waals surface area contributed by atoms with Gasteiger partial charge in [-0.2, -0.15) is 0 Å². The Morgan fingerprint density at radius 1 is 0.864 bits per heavy atom. The fourth-order valence-corrected chi connectivity index (χ4v) is 0.678. The van der Waals surface area contributed by atoms with Gasteiger partial charge in [0.2, 0.25) is 0 Å². The molecule has 0 aliphatic heterocycles. The Balaban J connectivity index is -0.000000107. The molecule has 0 atom stereocenters. The van der Waals surface area contributed by atoms with Crippen LogP contribution in [0.2, 0.25) is 0 Å². The summed E-state index contributed by atoms with van der Waals surface area (Å²) in [6.07, 6.45) is 1.60. The van der Waals surface area contributed by atoms with E-state index in [4.69, 9.17) is 36.3 Å². The second-order valence-corrected chi connectivity index (χ2v) is 3.55. The molecule has 5 radical (unpaired) electrons. The Labute approximate surface area is 150 Å². The van der Waals surface area contributed by atoms with Gasteiger partial charge in [-0.1, -0.05) is 42.5 Å². The molecule has 0 N–H and O–H groups in total. The van der Waals surface area contributed by atoms with Crippen LogP contribution in [0.3, 0.4) is 0 Å². The van der Waals surface area contributed by atoms with Crippen LogP contribution in [0.25, 0.3) is 6.08 Å². The van der Waals surface area contributed by atoms with Gasteiger partial charge in [0.05, 0.1) is 0 Å². The van der Waals surface area contributed by atoms with Crippen LogP contribution in [0.5, 0.6) is 0 Å². The van der Waals surface area contributed by atoms with Crippen molar-refractivity contribution in [1.29, 1.82) is 0 Å². The summed E-state index contributed by atoms with van der Waals surface area (Å²) in [5.41, 5.74) is 2.33. The van der Waals surface area contributed by atoms with E-state index in [1.807, 2.05) is 24.3 Å². The van der Waals surface area contributed by atoms with E-state index in [9.17, 15) is 0 Å². The molecule has 1 aromatic carbocycles. The minimum absolute atomic E-state index is 0. The van der Waals surface area contributed by atoms with Gasteiger partial charge in [0.25, 0.3) is 0 Å². The summed E-state index contributed by atoms with van der Waals surface area (Å²) in [4.78, 5) is 26.7. The average molecular weight is 502 g/mol. The molecule has 0 aliphatic rings. The van der Waals surface area contributed by atoms with Gasteiger partial charge in [0, 0.05) is 45.2 Å². The fraction of sp³-hybridized carbons (Fsp3) is 0.267. The molecule has 0 saturated heterocycles. The van der Waals surface area contributed by atoms with Crippen LogP contribution in [-0.2, 0) is 14.4 Å². The smallest absolute Gasteiger partial charge is 0.0383 e. The van der Waals surface area contributed by atoms with Gasteiger partial charge in [0.15, 0.2) is 0 Å². The van der Waals surface area contributed by atoms with Crippen molar-refractivity contribution in [3.05, 3.63) is 42.0 Å². The van der Waals surface area contributed by atoms with Crippen molar-refractivity contribution in [2.45, 2.75) is 27.7 Å². The van der Waals surface area contributed by atoms with E-state index < -0.39 is 17.9 Å². The van der Waals surface area contributed by atoms with Crippen LogP contribution in [0, 0.1) is 13.5 Å². The van der Waals surface area contributed by atoms with Crippen molar-refractivity contribution < 1.29 is 29.7 Å². The molecule has 121 valence electrons. The summed E-state index contributed by atoms with van der Waals surface area (Å²) in [6, 6.07) is 8.07. The maximum Gasteiger partial charge on any atom is 0.0383 e. The van der Waals surface area contributed by atoms with Crippen LogP contribution in [0.1, 0.15) is 31.9 Å². The van der Waals surface area contributed by atoms with Gasteiger partial charge >= 0.3 is 0 Å². The molecule has 0 aliphatic carbocycles. The third-order valence-corrected chi connectivity index (χ3v) is 1.27. The summed E-state index contributed by atoms with van der Waals surface area (Å²) in [5, 5.41) is 26.7. The topological polar surface area (TPSA) is 120 Å². The van der Waals surface area contributed by atoms with E-state index in [-0.39, 0.29) is 27.3 Å². The van der Waals surface area contributed by atoms with Crippen LogP contribution < -0.4 is 15.3 Å². The third kappa shape index (κ3) is 51.6. The minimum Gasteiger partial charge on any atom is -0.550 e. The van der Waals surface area contributed by atoms with E-state index in [0.29, 0.717) is 0 Å². The zero-order valence-corrected chi connectivity index (χ0v) is 16.8. The molecule has 0 saturated carbocycles. The van der Waals surface area contributed by atoms with Gasteiger partial charge in [-0.15, -0.1) is 0 Å². The van der Waals surface area contributed by atoms with E-state index in [1.165, 1.54) is 5.56 Å². The van der Waals surface area contributed by atoms with Crippen LogP contribution in [0.15, 0.2) is 24.3 Å². The number of aryl methyl sites for hydroxylation is 1. The van der Waals surface area contributed by atoms with Gasteiger partial charge in [-0.05, 0) is 33.3 Å². The SMILES string of the molecule is CC(=O)[O-].CC(=O)[O-].CC(=O)[O-].[CH]=Cc1ccc(C)cc1.[Pb]. The normalized spacial score (nSPS) is 7.09. The Morgan fingerprint density at radius 2 is 1.09 bits per heavy atom. The van der Waals surface area contributed by atoms with Gasteiger partial charge in [-0.3, -0.25) is 0 Å². The number of benzene rings is 1. The first-order chi connectivity index (χ1) is 9.52. The van der Waals surface area contributed by atoms with Crippen molar-refractivity contribution in [3.8, 4) is 0 Å². The van der Waals surface area contributed by atoms with Crippen LogP contribution >= 0.6 is 0 Å². The molecule has 22 heavy (non-hydrogen) atoms. The molecule has 0 heterocycles. The molecule has 7 heteroatoms. The third-order valence-electron chi connectivity index (χ3n) is 1.27. The molecule has 0 spiro atoms. The summed E-state index contributed by atoms with van der Waals surface area (Å²) in [5.74, 6) is -3.25. The second-order valence-electron chi connectivity index (χ2n) is 3.55. The Kier molecular flexibility index (Phi) is 25.0. The van der Waals surface area contributed by atoms with Gasteiger partial charge in [-0.25, -0.2) is 0 Å². The summed E-state index contributed by atoms with van der Waals surface area (Å²) >= 11 is 0. The average Bonchev–Trinajstić information content (AvgIpc) is 2.27. The Morgan fingerprint density at radius 3 is 1.27 bits per heavy atom. The molecule has 0 fully saturated rings. The first kappa shape index (κ1) is 28.5. The predicted octanol–water partition coefficient (Wildman–Crippen LogP) is -1.67. The van der Waals surface area contributed by atoms with E-state index >= 15 is 0 Å². The summed E-state index contributed by atoms with van der Waals surface area (Å²) in [7, 11) is 0. The van der Waals surface area contributed by atoms with Crippen molar-refractivity contribution in [2.75, 3.05) is 0 Å². The second kappa shape index (κ2) is 19.3. The van der Waals surface area contributed by atoms with Crippen molar-refractivity contribution in [3.63, 3.8) is 0 Å². The maximum absolute atomic E-state index is 8.89. The number of carbonyl (C=O) groups excluding carboxylic acids is 3. The largest absolute Gasteiger partial charge is 0.550 e. The number of carbonyl (C=O) groups is 3. The van der Waals surface area contributed by atoms with Crippen molar-refractivity contribution in [2.24, 2.45) is 0 Å². The molecule has 1 rings (SSSR count). The van der Waals surface area contributed by atoms with E-state index in [1.54, 1.807) is 6.08 Å². The van der Waals surface area contributed by atoms with Crippen LogP contribution in [-0.4, -0.2) is 45.2 Å². The number of rotatable bonds is 1.